The summed E-state index contributed by atoms with van der Waals surface area (Å²) in [6.45, 7) is 0. The van der Waals surface area contributed by atoms with Crippen LogP contribution in [0.2, 0.25) is 0 Å². The van der Waals surface area contributed by atoms with E-state index < -0.39 is 0 Å². The normalized spacial score (nSPS) is 17.0. The number of H-pyrrole nitrogens is 1. The Kier molecular flexibility index (Phi) is 4.28. The van der Waals surface area contributed by atoms with E-state index in [9.17, 15) is 4.79 Å². The number of hydrogen-bond acceptors (Lipinski definition) is 8. The second-order valence-electron chi connectivity index (χ2n) is 5.29. The third-order valence-electron chi connectivity index (χ3n) is 3.65. The summed E-state index contributed by atoms with van der Waals surface area (Å²) in [7, 11) is 0. The number of amides is 1. The Morgan fingerprint density at radius 3 is 3.08 bits per heavy atom. The Hall–Kier alpha value is -2.59. The van der Waals surface area contributed by atoms with Gasteiger partial charge in [-0.2, -0.15) is 10.1 Å². The number of nitrogens with one attached hydrogen (secondary N) is 1. The number of nitrogens with zero attached hydrogens (tertiary/aromatic N) is 4. The lowest BCUT2D eigenvalue weighted by Gasteiger charge is -2.20. The first-order valence-electron chi connectivity index (χ1n) is 7.48. The highest BCUT2D eigenvalue weighted by molar-refractivity contribution is 7.99. The fourth-order valence-corrected chi connectivity index (χ4v) is 4.02. The molecule has 0 spiro atoms. The maximum absolute atomic E-state index is 12.7. The highest BCUT2D eigenvalue weighted by atomic mass is 32.2. The van der Waals surface area contributed by atoms with Crippen LogP contribution in [-0.4, -0.2) is 37.6 Å². The van der Waals surface area contributed by atoms with Crippen LogP contribution in [0.25, 0.3) is 0 Å². The van der Waals surface area contributed by atoms with Gasteiger partial charge in [-0.3, -0.25) is 4.79 Å². The Balaban J connectivity index is 1.53. The zero-order valence-electron chi connectivity index (χ0n) is 13.0. The van der Waals surface area contributed by atoms with Gasteiger partial charge in [0.05, 0.1) is 18.1 Å². The number of anilines is 1. The minimum Gasteiger partial charge on any atom is -0.463 e. The van der Waals surface area contributed by atoms with Crippen LogP contribution in [0.15, 0.2) is 50.6 Å². The fourth-order valence-electron chi connectivity index (χ4n) is 2.55. The highest BCUT2D eigenvalue weighted by Crippen LogP contribution is 2.35. The summed E-state index contributed by atoms with van der Waals surface area (Å²) in [6, 6.07) is 7.53. The van der Waals surface area contributed by atoms with E-state index in [0.717, 1.165) is 10.6 Å². The summed E-state index contributed by atoms with van der Waals surface area (Å²) in [5.41, 5.74) is 6.26. The average Bonchev–Trinajstić information content (AvgIpc) is 3.38. The number of thiophene rings is 1. The molecule has 0 unspecified atom stereocenters. The molecule has 1 aliphatic rings. The second kappa shape index (κ2) is 6.73. The molecule has 3 N–H and O–H groups in total. The third kappa shape index (κ3) is 3.30. The average molecular weight is 374 g/mol. The summed E-state index contributed by atoms with van der Waals surface area (Å²) in [4.78, 5) is 17.8. The number of carbonyl (C=O) groups excluding carboxylic acids is 1. The van der Waals surface area contributed by atoms with Gasteiger partial charge in [-0.15, -0.1) is 16.4 Å². The molecule has 3 aromatic heterocycles. The van der Waals surface area contributed by atoms with Gasteiger partial charge in [-0.05, 0) is 23.6 Å². The Morgan fingerprint density at radius 1 is 1.48 bits per heavy atom. The van der Waals surface area contributed by atoms with Crippen molar-refractivity contribution in [2.45, 2.75) is 17.6 Å². The van der Waals surface area contributed by atoms with Crippen molar-refractivity contribution in [3.63, 3.8) is 0 Å². The van der Waals surface area contributed by atoms with Crippen molar-refractivity contribution in [1.29, 1.82) is 0 Å². The zero-order valence-corrected chi connectivity index (χ0v) is 14.6. The van der Waals surface area contributed by atoms with Gasteiger partial charge in [-0.25, -0.2) is 10.1 Å². The van der Waals surface area contributed by atoms with Gasteiger partial charge in [0, 0.05) is 11.3 Å². The number of furan rings is 1. The molecule has 1 aliphatic heterocycles. The first kappa shape index (κ1) is 15.9. The molecule has 1 atom stereocenters. The van der Waals surface area contributed by atoms with Crippen LogP contribution >= 0.6 is 23.1 Å². The van der Waals surface area contributed by atoms with Crippen LogP contribution in [0.1, 0.15) is 23.1 Å². The van der Waals surface area contributed by atoms with Crippen molar-refractivity contribution in [1.82, 2.24) is 20.2 Å². The van der Waals surface area contributed by atoms with Crippen molar-refractivity contribution in [2.24, 2.45) is 5.10 Å². The molecule has 0 radical (unpaired) electrons. The van der Waals surface area contributed by atoms with Crippen LogP contribution < -0.4 is 5.73 Å². The van der Waals surface area contributed by atoms with Crippen molar-refractivity contribution in [2.75, 3.05) is 11.5 Å². The van der Waals surface area contributed by atoms with Gasteiger partial charge in [0.25, 0.3) is 5.91 Å². The summed E-state index contributed by atoms with van der Waals surface area (Å²) in [5, 5.41) is 15.0. The quantitative estimate of drug-likeness (QED) is 0.663. The lowest BCUT2D eigenvalue weighted by atomic mass is 10.1. The van der Waals surface area contributed by atoms with E-state index in [1.807, 2.05) is 29.6 Å². The van der Waals surface area contributed by atoms with Gasteiger partial charge in [0.15, 0.2) is 0 Å². The van der Waals surface area contributed by atoms with Crippen LogP contribution in [0.3, 0.4) is 0 Å². The third-order valence-corrected chi connectivity index (χ3v) is 5.46. The molecule has 4 heterocycles. The lowest BCUT2D eigenvalue weighted by Crippen LogP contribution is -2.28. The molecule has 128 valence electrons. The number of hydrazone groups is 1. The van der Waals surface area contributed by atoms with Gasteiger partial charge in [0.2, 0.25) is 11.1 Å². The van der Waals surface area contributed by atoms with E-state index in [1.165, 1.54) is 16.8 Å². The summed E-state index contributed by atoms with van der Waals surface area (Å²) < 4.78 is 5.43. The number of aromatic nitrogens is 3. The van der Waals surface area contributed by atoms with E-state index in [2.05, 4.69) is 20.3 Å². The maximum atomic E-state index is 12.7. The molecule has 0 aliphatic carbocycles. The molecule has 0 aromatic carbocycles. The van der Waals surface area contributed by atoms with Crippen LogP contribution in [0.5, 0.6) is 0 Å². The number of nitrogens with two attached hydrogens (primary N) is 1. The molecule has 0 bridgehead atoms. The molecule has 4 rings (SSSR count). The summed E-state index contributed by atoms with van der Waals surface area (Å²) >= 11 is 2.83. The van der Waals surface area contributed by atoms with Crippen LogP contribution in [-0.2, 0) is 4.79 Å². The molecule has 0 fully saturated rings. The molecular formula is C15H14N6O2S2. The molecule has 10 heteroatoms. The predicted molar refractivity (Wildman–Crippen MR) is 95.3 cm³/mol. The topological polar surface area (TPSA) is 113 Å². The van der Waals surface area contributed by atoms with Crippen molar-refractivity contribution in [3.8, 4) is 0 Å². The maximum Gasteiger partial charge on any atom is 0.253 e. The molecule has 0 saturated heterocycles. The molecule has 1 amide bonds. The van der Waals surface area contributed by atoms with E-state index in [4.69, 9.17) is 10.2 Å². The van der Waals surface area contributed by atoms with E-state index in [0.29, 0.717) is 17.3 Å². The van der Waals surface area contributed by atoms with Gasteiger partial charge < -0.3 is 10.2 Å². The van der Waals surface area contributed by atoms with Gasteiger partial charge in [0.1, 0.15) is 11.5 Å². The fraction of sp³-hybridized carbons (Fsp3) is 0.200. The first-order chi connectivity index (χ1) is 12.2. The van der Waals surface area contributed by atoms with Crippen LogP contribution in [0, 0.1) is 0 Å². The molecular weight excluding hydrogens is 360 g/mol. The summed E-state index contributed by atoms with van der Waals surface area (Å²) in [6.07, 6.45) is 2.23. The summed E-state index contributed by atoms with van der Waals surface area (Å²) in [5.74, 6) is 0.971. The molecule has 8 nitrogen and oxygen atoms in total. The van der Waals surface area contributed by atoms with Crippen molar-refractivity contribution < 1.29 is 9.21 Å². The second-order valence-corrected chi connectivity index (χ2v) is 7.21. The number of carbonyl (C=O) groups is 1. The van der Waals surface area contributed by atoms with Crippen molar-refractivity contribution >= 4 is 40.7 Å². The van der Waals surface area contributed by atoms with E-state index in [-0.39, 0.29) is 23.7 Å². The smallest absolute Gasteiger partial charge is 0.253 e. The SMILES string of the molecule is Nc1nc(SCC(=O)N2N=C(c3ccco3)C[C@@H]2c2cccs2)n[nH]1. The number of aromatic amines is 1. The van der Waals surface area contributed by atoms with E-state index in [1.54, 1.807) is 17.6 Å². The highest BCUT2D eigenvalue weighted by Gasteiger charge is 2.34. The van der Waals surface area contributed by atoms with Gasteiger partial charge in [-0.1, -0.05) is 17.8 Å². The van der Waals surface area contributed by atoms with Gasteiger partial charge >= 0.3 is 0 Å². The largest absolute Gasteiger partial charge is 0.463 e. The van der Waals surface area contributed by atoms with Crippen LogP contribution in [0.4, 0.5) is 5.95 Å². The number of rotatable bonds is 5. The number of thioether (sulfide) groups is 1. The standard InChI is InChI=1S/C15H14N6O2S2/c16-14-17-15(19-18-14)25-8-13(22)21-10(12-4-2-6-24-12)7-9(20-21)11-3-1-5-23-11/h1-6,10H,7-8H2,(H3,16,17,18,19)/t10-/m1/s1. The zero-order chi connectivity index (χ0) is 17.2. The number of hydrogen-bond donors (Lipinski definition) is 2. The molecule has 0 saturated carbocycles. The van der Waals surface area contributed by atoms with Crippen molar-refractivity contribution in [3.05, 3.63) is 46.5 Å². The first-order valence-corrected chi connectivity index (χ1v) is 9.35. The molecule has 25 heavy (non-hydrogen) atoms. The Labute approximate surface area is 151 Å². The minimum atomic E-state index is -0.120. The monoisotopic (exact) mass is 374 g/mol. The lowest BCUT2D eigenvalue weighted by molar-refractivity contribution is -0.130. The molecule has 3 aromatic rings. The predicted octanol–water partition coefficient (Wildman–Crippen LogP) is 2.51. The van der Waals surface area contributed by atoms with E-state index >= 15 is 0 Å². The number of nitrogen functional groups attached to an aromatic ring is 1. The minimum absolute atomic E-state index is 0.117. The Morgan fingerprint density at radius 2 is 2.40 bits per heavy atom. The Bertz CT molecular complexity index is 887.